The number of hydrogen-bond donors (Lipinski definition) is 3. The van der Waals surface area contributed by atoms with Crippen molar-refractivity contribution in [3.63, 3.8) is 0 Å². The minimum Gasteiger partial charge on any atom is -0.507 e. The Morgan fingerprint density at radius 2 is 2.22 bits per heavy atom. The van der Waals surface area contributed by atoms with E-state index >= 15 is 0 Å². The molecule has 1 atom stereocenters. The van der Waals surface area contributed by atoms with E-state index in [-0.39, 0.29) is 12.2 Å². The third kappa shape index (κ3) is 2.49. The smallest absolute Gasteiger partial charge is 0.305 e. The first kappa shape index (κ1) is 12.1. The van der Waals surface area contributed by atoms with Crippen molar-refractivity contribution in [2.24, 2.45) is 5.73 Å². The summed E-state index contributed by atoms with van der Waals surface area (Å²) in [4.78, 5) is 10.6. The summed E-state index contributed by atoms with van der Waals surface area (Å²) in [5.41, 5.74) is 6.81. The number of hydrogen-bond acceptors (Lipinski definition) is 5. The van der Waals surface area contributed by atoms with Crippen LogP contribution in [-0.4, -0.2) is 21.3 Å². The molecule has 0 bridgehead atoms. The summed E-state index contributed by atoms with van der Waals surface area (Å²) >= 11 is 0. The van der Waals surface area contributed by atoms with Crippen LogP contribution in [0.5, 0.6) is 5.75 Å². The van der Waals surface area contributed by atoms with Gasteiger partial charge < -0.3 is 20.5 Å². The van der Waals surface area contributed by atoms with Crippen LogP contribution in [0.3, 0.4) is 0 Å². The molecular formula is C12H12N2O4. The SMILES string of the molecule is NC(CC(=O)O)c1ccc(O)c(-c2ccno2)c1. The topological polar surface area (TPSA) is 110 Å². The van der Waals surface area contributed by atoms with E-state index in [4.69, 9.17) is 15.4 Å². The van der Waals surface area contributed by atoms with E-state index in [0.29, 0.717) is 16.9 Å². The van der Waals surface area contributed by atoms with Gasteiger partial charge in [0, 0.05) is 12.1 Å². The molecule has 0 radical (unpaired) electrons. The van der Waals surface area contributed by atoms with Gasteiger partial charge in [-0.1, -0.05) is 11.2 Å². The van der Waals surface area contributed by atoms with E-state index in [2.05, 4.69) is 5.16 Å². The van der Waals surface area contributed by atoms with Crippen LogP contribution in [-0.2, 0) is 4.79 Å². The zero-order valence-electron chi connectivity index (χ0n) is 9.41. The van der Waals surface area contributed by atoms with Crippen molar-refractivity contribution in [1.29, 1.82) is 0 Å². The number of aliphatic carboxylic acids is 1. The lowest BCUT2D eigenvalue weighted by Gasteiger charge is -2.11. The fourth-order valence-electron chi connectivity index (χ4n) is 1.64. The molecule has 4 N–H and O–H groups in total. The van der Waals surface area contributed by atoms with E-state index < -0.39 is 12.0 Å². The van der Waals surface area contributed by atoms with Gasteiger partial charge in [-0.2, -0.15) is 0 Å². The van der Waals surface area contributed by atoms with Gasteiger partial charge in [0.1, 0.15) is 5.75 Å². The number of carboxylic acids is 1. The van der Waals surface area contributed by atoms with Crippen LogP contribution >= 0.6 is 0 Å². The van der Waals surface area contributed by atoms with Gasteiger partial charge in [0.2, 0.25) is 0 Å². The summed E-state index contributed by atoms with van der Waals surface area (Å²) in [7, 11) is 0. The molecule has 18 heavy (non-hydrogen) atoms. The monoisotopic (exact) mass is 248 g/mol. The Balaban J connectivity index is 2.35. The lowest BCUT2D eigenvalue weighted by Crippen LogP contribution is -2.14. The molecule has 0 aliphatic heterocycles. The molecule has 94 valence electrons. The second kappa shape index (κ2) is 4.89. The molecule has 6 nitrogen and oxygen atoms in total. The standard InChI is InChI=1S/C12H12N2O4/c13-9(6-12(16)17)7-1-2-10(15)8(5-7)11-3-4-14-18-11/h1-5,9,15H,6,13H2,(H,16,17). The number of benzene rings is 1. The number of nitrogens with two attached hydrogens (primary N) is 1. The highest BCUT2D eigenvalue weighted by molar-refractivity contribution is 5.69. The molecule has 1 heterocycles. The maximum Gasteiger partial charge on any atom is 0.305 e. The minimum absolute atomic E-state index is 0.0259. The summed E-state index contributed by atoms with van der Waals surface area (Å²) in [5, 5.41) is 22.0. The number of carboxylic acid groups (broad SMARTS) is 1. The maximum atomic E-state index is 10.6. The number of phenolic OH excluding ortho intramolecular Hbond substituents is 1. The average Bonchev–Trinajstić information content (AvgIpc) is 2.82. The third-order valence-corrected chi connectivity index (χ3v) is 2.55. The van der Waals surface area contributed by atoms with Gasteiger partial charge >= 0.3 is 5.97 Å². The Morgan fingerprint density at radius 1 is 1.44 bits per heavy atom. The zero-order valence-corrected chi connectivity index (χ0v) is 9.41. The molecule has 0 saturated carbocycles. The second-order valence-electron chi connectivity index (χ2n) is 3.86. The first-order valence-corrected chi connectivity index (χ1v) is 5.29. The van der Waals surface area contributed by atoms with Crippen LogP contribution < -0.4 is 5.73 Å². The predicted octanol–water partition coefficient (Wildman–Crippen LogP) is 1.52. The average molecular weight is 248 g/mol. The Hall–Kier alpha value is -2.34. The Kier molecular flexibility index (Phi) is 3.29. The van der Waals surface area contributed by atoms with Gasteiger partial charge in [0.25, 0.3) is 0 Å². The Bertz CT molecular complexity index is 551. The van der Waals surface area contributed by atoms with Gasteiger partial charge in [0.05, 0.1) is 18.2 Å². The van der Waals surface area contributed by atoms with Crippen LogP contribution in [0.15, 0.2) is 35.0 Å². The normalized spacial score (nSPS) is 12.3. The van der Waals surface area contributed by atoms with Crippen LogP contribution in [0.1, 0.15) is 18.0 Å². The maximum absolute atomic E-state index is 10.6. The second-order valence-corrected chi connectivity index (χ2v) is 3.86. The fourth-order valence-corrected chi connectivity index (χ4v) is 1.64. The number of rotatable bonds is 4. The van der Waals surface area contributed by atoms with Gasteiger partial charge in [-0.3, -0.25) is 4.79 Å². The number of carbonyl (C=O) groups is 1. The van der Waals surface area contributed by atoms with Crippen molar-refractivity contribution in [3.8, 4) is 17.1 Å². The Labute approximate surface area is 103 Å². The van der Waals surface area contributed by atoms with Gasteiger partial charge in [-0.05, 0) is 17.7 Å². The quantitative estimate of drug-likeness (QED) is 0.756. The van der Waals surface area contributed by atoms with Crippen molar-refractivity contribution in [3.05, 3.63) is 36.0 Å². The number of phenols is 1. The largest absolute Gasteiger partial charge is 0.507 e. The van der Waals surface area contributed by atoms with E-state index in [0.717, 1.165) is 0 Å². The zero-order chi connectivity index (χ0) is 13.1. The molecule has 6 heteroatoms. The molecule has 0 spiro atoms. The molecule has 1 unspecified atom stereocenters. The highest BCUT2D eigenvalue weighted by Gasteiger charge is 2.14. The van der Waals surface area contributed by atoms with E-state index in [9.17, 15) is 9.90 Å². The van der Waals surface area contributed by atoms with Gasteiger partial charge in [-0.15, -0.1) is 0 Å². The fraction of sp³-hybridized carbons (Fsp3) is 0.167. The highest BCUT2D eigenvalue weighted by atomic mass is 16.5. The van der Waals surface area contributed by atoms with Gasteiger partial charge in [0.15, 0.2) is 5.76 Å². The lowest BCUT2D eigenvalue weighted by molar-refractivity contribution is -0.137. The summed E-state index contributed by atoms with van der Waals surface area (Å²) in [6.45, 7) is 0. The number of aromatic nitrogens is 1. The number of nitrogens with zero attached hydrogens (tertiary/aromatic N) is 1. The molecule has 2 rings (SSSR count). The van der Waals surface area contributed by atoms with Crippen molar-refractivity contribution in [1.82, 2.24) is 5.16 Å². The van der Waals surface area contributed by atoms with Crippen molar-refractivity contribution < 1.29 is 19.5 Å². The summed E-state index contributed by atoms with van der Waals surface area (Å²) < 4.78 is 4.95. The molecule has 0 amide bonds. The van der Waals surface area contributed by atoms with Crippen LogP contribution in [0.25, 0.3) is 11.3 Å². The van der Waals surface area contributed by atoms with Crippen LogP contribution in [0.2, 0.25) is 0 Å². The molecule has 0 saturated heterocycles. The summed E-state index contributed by atoms with van der Waals surface area (Å²) in [6, 6.07) is 5.60. The predicted molar refractivity (Wildman–Crippen MR) is 62.8 cm³/mol. The van der Waals surface area contributed by atoms with Crippen LogP contribution in [0, 0.1) is 0 Å². The molecule has 2 aromatic rings. The summed E-state index contributed by atoms with van der Waals surface area (Å²) in [5.74, 6) is -0.549. The lowest BCUT2D eigenvalue weighted by atomic mass is 10.0. The van der Waals surface area contributed by atoms with E-state index in [1.54, 1.807) is 18.2 Å². The molecule has 1 aromatic carbocycles. The summed E-state index contributed by atoms with van der Waals surface area (Å²) in [6.07, 6.45) is 1.28. The van der Waals surface area contributed by atoms with Crippen molar-refractivity contribution in [2.45, 2.75) is 12.5 Å². The first-order chi connectivity index (χ1) is 8.58. The molecule has 0 aliphatic rings. The van der Waals surface area contributed by atoms with Crippen molar-refractivity contribution in [2.75, 3.05) is 0 Å². The van der Waals surface area contributed by atoms with Crippen LogP contribution in [0.4, 0.5) is 0 Å². The molecule has 0 fully saturated rings. The van der Waals surface area contributed by atoms with E-state index in [1.807, 2.05) is 0 Å². The highest BCUT2D eigenvalue weighted by Crippen LogP contribution is 2.31. The minimum atomic E-state index is -0.975. The molecular weight excluding hydrogens is 236 g/mol. The first-order valence-electron chi connectivity index (χ1n) is 5.29. The number of aromatic hydroxyl groups is 1. The third-order valence-electron chi connectivity index (χ3n) is 2.55. The van der Waals surface area contributed by atoms with Gasteiger partial charge in [-0.25, -0.2) is 0 Å². The molecule has 1 aromatic heterocycles. The molecule has 0 aliphatic carbocycles. The van der Waals surface area contributed by atoms with E-state index in [1.165, 1.54) is 12.3 Å². The Morgan fingerprint density at radius 3 is 2.83 bits per heavy atom. The van der Waals surface area contributed by atoms with Crippen molar-refractivity contribution >= 4 is 5.97 Å².